The van der Waals surface area contributed by atoms with E-state index in [0.29, 0.717) is 23.9 Å². The number of amides is 2. The quantitative estimate of drug-likeness (QED) is 0.754. The number of rotatable bonds is 4. The van der Waals surface area contributed by atoms with Gasteiger partial charge in [0, 0.05) is 24.6 Å². The first-order valence-corrected chi connectivity index (χ1v) is 8.37. The summed E-state index contributed by atoms with van der Waals surface area (Å²) < 4.78 is 10.8. The van der Waals surface area contributed by atoms with Crippen molar-refractivity contribution in [3.05, 3.63) is 60.0 Å². The number of hydrogen-bond acceptors (Lipinski definition) is 5. The fourth-order valence-electron chi connectivity index (χ4n) is 2.90. The Hall–Kier alpha value is -3.35. The number of fused-ring (bicyclic) bond motifs is 1. The Morgan fingerprint density at radius 1 is 1.23 bits per heavy atom. The maximum atomic E-state index is 12.2. The van der Waals surface area contributed by atoms with Crippen LogP contribution < -0.4 is 15.4 Å². The van der Waals surface area contributed by atoms with Crippen LogP contribution in [0.3, 0.4) is 0 Å². The predicted molar refractivity (Wildman–Crippen MR) is 96.1 cm³/mol. The van der Waals surface area contributed by atoms with Gasteiger partial charge in [0.15, 0.2) is 0 Å². The Morgan fingerprint density at radius 2 is 2.12 bits per heavy atom. The molecule has 0 spiro atoms. The normalized spacial score (nSPS) is 15.2. The van der Waals surface area contributed by atoms with Crippen LogP contribution in [0.5, 0.6) is 5.75 Å². The number of nitrogens with zero attached hydrogens (tertiary/aromatic N) is 2. The van der Waals surface area contributed by atoms with Crippen molar-refractivity contribution in [2.45, 2.75) is 19.4 Å². The van der Waals surface area contributed by atoms with E-state index in [1.807, 2.05) is 36.4 Å². The number of hydrogen-bond donors (Lipinski definition) is 2. The van der Waals surface area contributed by atoms with Crippen LogP contribution in [-0.4, -0.2) is 28.8 Å². The van der Waals surface area contributed by atoms with Gasteiger partial charge in [0.05, 0.1) is 6.54 Å². The van der Waals surface area contributed by atoms with Gasteiger partial charge in [-0.3, -0.25) is 0 Å². The lowest BCUT2D eigenvalue weighted by molar-refractivity contribution is 0.219. The molecule has 132 valence electrons. The van der Waals surface area contributed by atoms with Gasteiger partial charge in [-0.05, 0) is 23.8 Å². The first-order chi connectivity index (χ1) is 12.7. The Balaban J connectivity index is 1.33. The molecule has 0 aliphatic carbocycles. The van der Waals surface area contributed by atoms with E-state index in [1.165, 1.54) is 5.56 Å². The van der Waals surface area contributed by atoms with Crippen LogP contribution in [0.4, 0.5) is 10.5 Å². The Morgan fingerprint density at radius 3 is 2.92 bits per heavy atom. The van der Waals surface area contributed by atoms with Gasteiger partial charge >= 0.3 is 6.03 Å². The summed E-state index contributed by atoms with van der Waals surface area (Å²) in [6, 6.07) is 14.9. The molecule has 0 saturated heterocycles. The second kappa shape index (κ2) is 6.87. The number of ether oxygens (including phenoxy) is 1. The SMILES string of the molecule is Cc1nc(-c2cccc(NC(=O)NC[C@H]3Cc4ccccc4O3)c2)no1. The van der Waals surface area contributed by atoms with E-state index < -0.39 is 0 Å². The molecule has 0 unspecified atom stereocenters. The van der Waals surface area contributed by atoms with E-state index >= 15 is 0 Å². The molecule has 0 bridgehead atoms. The lowest BCUT2D eigenvalue weighted by atomic mass is 10.1. The van der Waals surface area contributed by atoms with Gasteiger partial charge < -0.3 is 19.9 Å². The van der Waals surface area contributed by atoms with Crippen LogP contribution in [0, 0.1) is 6.92 Å². The van der Waals surface area contributed by atoms with Crippen molar-refractivity contribution in [3.63, 3.8) is 0 Å². The second-order valence-electron chi connectivity index (χ2n) is 6.10. The lowest BCUT2D eigenvalue weighted by Gasteiger charge is -2.13. The topological polar surface area (TPSA) is 89.3 Å². The zero-order valence-corrected chi connectivity index (χ0v) is 14.2. The van der Waals surface area contributed by atoms with Gasteiger partial charge in [-0.1, -0.05) is 35.5 Å². The first kappa shape index (κ1) is 16.1. The minimum Gasteiger partial charge on any atom is -0.488 e. The fourth-order valence-corrected chi connectivity index (χ4v) is 2.90. The molecule has 0 fully saturated rings. The van der Waals surface area contributed by atoms with E-state index in [0.717, 1.165) is 17.7 Å². The molecule has 4 rings (SSSR count). The highest BCUT2D eigenvalue weighted by atomic mass is 16.5. The van der Waals surface area contributed by atoms with E-state index in [-0.39, 0.29) is 12.1 Å². The minimum atomic E-state index is -0.286. The van der Waals surface area contributed by atoms with E-state index in [9.17, 15) is 4.79 Å². The number of benzene rings is 2. The van der Waals surface area contributed by atoms with Crippen molar-refractivity contribution in [1.82, 2.24) is 15.5 Å². The molecule has 2 amide bonds. The molecule has 2 N–H and O–H groups in total. The number of aromatic nitrogens is 2. The summed E-state index contributed by atoms with van der Waals surface area (Å²) in [6.45, 7) is 2.17. The number of aryl methyl sites for hydroxylation is 1. The summed E-state index contributed by atoms with van der Waals surface area (Å²) in [5, 5.41) is 9.54. The molecular weight excluding hydrogens is 332 g/mol. The standard InChI is InChI=1S/C19H18N4O3/c1-12-21-18(23-26-12)14-6-4-7-15(9-14)22-19(24)20-11-16-10-13-5-2-3-8-17(13)25-16/h2-9,16H,10-11H2,1H3,(H2,20,22,24)/t16-/m1/s1. The Labute approximate surface area is 150 Å². The first-order valence-electron chi connectivity index (χ1n) is 8.37. The van der Waals surface area contributed by atoms with E-state index in [4.69, 9.17) is 9.26 Å². The summed E-state index contributed by atoms with van der Waals surface area (Å²) >= 11 is 0. The van der Waals surface area contributed by atoms with Crippen LogP contribution in [0.25, 0.3) is 11.4 Å². The van der Waals surface area contributed by atoms with Crippen LogP contribution in [0.15, 0.2) is 53.1 Å². The van der Waals surface area contributed by atoms with E-state index in [2.05, 4.69) is 20.8 Å². The zero-order chi connectivity index (χ0) is 17.9. The van der Waals surface area contributed by atoms with Crippen molar-refractivity contribution in [2.75, 3.05) is 11.9 Å². The van der Waals surface area contributed by atoms with Crippen LogP contribution in [0.2, 0.25) is 0 Å². The Bertz CT molecular complexity index is 913. The summed E-state index contributed by atoms with van der Waals surface area (Å²) in [5.74, 6) is 1.88. The van der Waals surface area contributed by atoms with Gasteiger partial charge in [-0.15, -0.1) is 0 Å². The molecule has 2 heterocycles. The number of anilines is 1. The molecule has 7 nitrogen and oxygen atoms in total. The van der Waals surface area contributed by atoms with Crippen LogP contribution in [0.1, 0.15) is 11.5 Å². The smallest absolute Gasteiger partial charge is 0.319 e. The number of carbonyl (C=O) groups is 1. The molecule has 2 aromatic carbocycles. The fraction of sp³-hybridized carbons (Fsp3) is 0.211. The number of para-hydroxylation sites is 1. The second-order valence-corrected chi connectivity index (χ2v) is 6.10. The summed E-state index contributed by atoms with van der Waals surface area (Å²) in [7, 11) is 0. The number of urea groups is 1. The predicted octanol–water partition coefficient (Wildman–Crippen LogP) is 3.17. The van der Waals surface area contributed by atoms with Gasteiger partial charge in [-0.2, -0.15) is 4.98 Å². The average molecular weight is 350 g/mol. The van der Waals surface area contributed by atoms with Crippen molar-refractivity contribution in [3.8, 4) is 17.1 Å². The molecule has 0 radical (unpaired) electrons. The third-order valence-electron chi connectivity index (χ3n) is 4.11. The summed E-state index contributed by atoms with van der Waals surface area (Å²) in [6.07, 6.45) is 0.745. The van der Waals surface area contributed by atoms with Gasteiger partial charge in [0.2, 0.25) is 11.7 Å². The molecule has 7 heteroatoms. The highest BCUT2D eigenvalue weighted by molar-refractivity contribution is 5.89. The van der Waals surface area contributed by atoms with Crippen molar-refractivity contribution < 1.29 is 14.1 Å². The average Bonchev–Trinajstić information content (AvgIpc) is 3.26. The van der Waals surface area contributed by atoms with Crippen molar-refractivity contribution in [1.29, 1.82) is 0 Å². The highest BCUT2D eigenvalue weighted by Gasteiger charge is 2.22. The largest absolute Gasteiger partial charge is 0.488 e. The maximum absolute atomic E-state index is 12.2. The summed E-state index contributed by atoms with van der Waals surface area (Å²) in [5.41, 5.74) is 2.59. The van der Waals surface area contributed by atoms with Crippen molar-refractivity contribution >= 4 is 11.7 Å². The third-order valence-corrected chi connectivity index (χ3v) is 4.11. The van der Waals surface area contributed by atoms with Crippen molar-refractivity contribution in [2.24, 2.45) is 0 Å². The highest BCUT2D eigenvalue weighted by Crippen LogP contribution is 2.27. The number of carbonyl (C=O) groups excluding carboxylic acids is 1. The van der Waals surface area contributed by atoms with Gasteiger partial charge in [0.1, 0.15) is 11.9 Å². The van der Waals surface area contributed by atoms with Crippen LogP contribution in [-0.2, 0) is 6.42 Å². The molecule has 1 aliphatic heterocycles. The molecule has 1 aromatic heterocycles. The Kier molecular flexibility index (Phi) is 4.27. The maximum Gasteiger partial charge on any atom is 0.319 e. The molecular formula is C19H18N4O3. The van der Waals surface area contributed by atoms with Crippen LogP contribution >= 0.6 is 0 Å². The minimum absolute atomic E-state index is 0.0493. The van der Waals surface area contributed by atoms with Gasteiger partial charge in [0.25, 0.3) is 0 Å². The molecule has 1 atom stereocenters. The third kappa shape index (κ3) is 3.51. The number of nitrogens with one attached hydrogen (secondary N) is 2. The summed E-state index contributed by atoms with van der Waals surface area (Å²) in [4.78, 5) is 16.4. The monoisotopic (exact) mass is 350 g/mol. The van der Waals surface area contributed by atoms with Gasteiger partial charge in [-0.25, -0.2) is 4.79 Å². The molecule has 3 aromatic rings. The zero-order valence-electron chi connectivity index (χ0n) is 14.2. The molecule has 26 heavy (non-hydrogen) atoms. The lowest BCUT2D eigenvalue weighted by Crippen LogP contribution is -2.37. The molecule has 1 aliphatic rings. The van der Waals surface area contributed by atoms with E-state index in [1.54, 1.807) is 19.1 Å². The molecule has 0 saturated carbocycles.